The number of ether oxygens (including phenoxy) is 3. The van der Waals surface area contributed by atoms with Crippen LogP contribution in [0.25, 0.3) is 22.2 Å². The van der Waals surface area contributed by atoms with E-state index in [0.29, 0.717) is 23.1 Å². The van der Waals surface area contributed by atoms with Crippen LogP contribution in [-0.2, 0) is 20.6 Å². The standard InChI is InChI=1S/C27H24N2O5/c1-2-33-27(31)25-26(30)20-14-21(19-11-7-4-8-12-19)29(23(20)15-28-25)22(24-16-32-17-34-24)13-18-9-5-3-6-10-18/h3-12,14-16,22,30H,2,13,17H2,1H3. The van der Waals surface area contributed by atoms with Gasteiger partial charge < -0.3 is 23.9 Å². The highest BCUT2D eigenvalue weighted by Crippen LogP contribution is 2.40. The third kappa shape index (κ3) is 3.96. The highest BCUT2D eigenvalue weighted by Gasteiger charge is 2.29. The maximum atomic E-state index is 12.4. The summed E-state index contributed by atoms with van der Waals surface area (Å²) in [5, 5.41) is 11.5. The highest BCUT2D eigenvalue weighted by atomic mass is 16.7. The molecule has 1 unspecified atom stereocenters. The van der Waals surface area contributed by atoms with Crippen LogP contribution in [0.5, 0.6) is 5.75 Å². The number of rotatable bonds is 7. The molecule has 0 spiro atoms. The summed E-state index contributed by atoms with van der Waals surface area (Å²) in [5.74, 6) is -0.192. The Bertz CT molecular complexity index is 1350. The van der Waals surface area contributed by atoms with Crippen molar-refractivity contribution in [2.45, 2.75) is 19.4 Å². The Morgan fingerprint density at radius 1 is 1.15 bits per heavy atom. The molecule has 0 saturated heterocycles. The molecule has 0 bridgehead atoms. The molecule has 2 aromatic heterocycles. The van der Waals surface area contributed by atoms with Gasteiger partial charge in [0, 0.05) is 17.5 Å². The van der Waals surface area contributed by atoms with Gasteiger partial charge >= 0.3 is 5.97 Å². The number of aromatic nitrogens is 2. The summed E-state index contributed by atoms with van der Waals surface area (Å²) >= 11 is 0. The second-order valence-electron chi connectivity index (χ2n) is 7.89. The van der Waals surface area contributed by atoms with Crippen LogP contribution >= 0.6 is 0 Å². The molecular formula is C27H24N2O5. The van der Waals surface area contributed by atoms with Gasteiger partial charge in [-0.3, -0.25) is 0 Å². The first-order valence-electron chi connectivity index (χ1n) is 11.1. The molecule has 7 nitrogen and oxygen atoms in total. The monoisotopic (exact) mass is 456 g/mol. The van der Waals surface area contributed by atoms with Gasteiger partial charge in [-0.1, -0.05) is 60.7 Å². The first-order valence-corrected chi connectivity index (χ1v) is 11.1. The SMILES string of the molecule is CCOC(=O)c1ncc2c(cc(-c3ccccc3)n2C(Cc2ccccc2)C2=COCO2)c1O. The van der Waals surface area contributed by atoms with Crippen molar-refractivity contribution in [3.8, 4) is 17.0 Å². The molecule has 1 N–H and O–H groups in total. The Morgan fingerprint density at radius 3 is 2.56 bits per heavy atom. The van der Waals surface area contributed by atoms with E-state index < -0.39 is 5.97 Å². The Kier molecular flexibility index (Phi) is 5.91. The summed E-state index contributed by atoms with van der Waals surface area (Å²) in [5.41, 5.74) is 3.48. The van der Waals surface area contributed by atoms with Crippen molar-refractivity contribution in [2.24, 2.45) is 0 Å². The van der Waals surface area contributed by atoms with Gasteiger partial charge in [0.25, 0.3) is 0 Å². The fourth-order valence-electron chi connectivity index (χ4n) is 4.27. The van der Waals surface area contributed by atoms with Crippen molar-refractivity contribution in [3.63, 3.8) is 0 Å². The van der Waals surface area contributed by atoms with Crippen LogP contribution in [0.1, 0.15) is 29.0 Å². The number of esters is 1. The molecular weight excluding hydrogens is 432 g/mol. The van der Waals surface area contributed by atoms with Crippen LogP contribution in [0.2, 0.25) is 0 Å². The number of hydrogen-bond donors (Lipinski definition) is 1. The van der Waals surface area contributed by atoms with E-state index in [1.165, 1.54) is 0 Å². The second-order valence-corrected chi connectivity index (χ2v) is 7.89. The van der Waals surface area contributed by atoms with Crippen molar-refractivity contribution in [2.75, 3.05) is 13.4 Å². The van der Waals surface area contributed by atoms with Crippen molar-refractivity contribution in [1.82, 2.24) is 9.55 Å². The van der Waals surface area contributed by atoms with Crippen LogP contribution in [-0.4, -0.2) is 34.0 Å². The second kappa shape index (κ2) is 9.31. The maximum absolute atomic E-state index is 12.4. The van der Waals surface area contributed by atoms with Gasteiger partial charge in [-0.15, -0.1) is 0 Å². The number of aromatic hydroxyl groups is 1. The Labute approximate surface area is 196 Å². The minimum absolute atomic E-state index is 0.106. The van der Waals surface area contributed by atoms with Gasteiger partial charge in [0.05, 0.1) is 24.4 Å². The zero-order chi connectivity index (χ0) is 23.5. The maximum Gasteiger partial charge on any atom is 0.360 e. The summed E-state index contributed by atoms with van der Waals surface area (Å²) in [6.07, 6.45) is 3.86. The lowest BCUT2D eigenvalue weighted by Crippen LogP contribution is -2.16. The molecule has 172 valence electrons. The minimum atomic E-state index is -0.660. The molecule has 5 rings (SSSR count). The Balaban J connectivity index is 1.74. The molecule has 34 heavy (non-hydrogen) atoms. The minimum Gasteiger partial charge on any atom is -0.505 e. The van der Waals surface area contributed by atoms with Crippen molar-refractivity contribution in [1.29, 1.82) is 0 Å². The summed E-state index contributed by atoms with van der Waals surface area (Å²) in [4.78, 5) is 16.6. The van der Waals surface area contributed by atoms with Crippen LogP contribution in [0.4, 0.5) is 0 Å². The highest BCUT2D eigenvalue weighted by molar-refractivity contribution is 6.00. The molecule has 3 heterocycles. The van der Waals surface area contributed by atoms with Crippen molar-refractivity contribution in [3.05, 3.63) is 96.2 Å². The molecule has 1 aliphatic heterocycles. The van der Waals surface area contributed by atoms with E-state index in [4.69, 9.17) is 14.2 Å². The van der Waals surface area contributed by atoms with Crippen molar-refractivity contribution < 1.29 is 24.1 Å². The van der Waals surface area contributed by atoms with E-state index in [0.717, 1.165) is 16.8 Å². The summed E-state index contributed by atoms with van der Waals surface area (Å²) in [7, 11) is 0. The molecule has 4 aromatic rings. The number of nitrogens with zero attached hydrogens (tertiary/aromatic N) is 2. The zero-order valence-corrected chi connectivity index (χ0v) is 18.7. The summed E-state index contributed by atoms with van der Waals surface area (Å²) in [6.45, 7) is 2.05. The Morgan fingerprint density at radius 2 is 1.88 bits per heavy atom. The number of benzene rings is 2. The fraction of sp³-hybridized carbons (Fsp3) is 0.185. The third-order valence-electron chi connectivity index (χ3n) is 5.81. The average molecular weight is 456 g/mol. The van der Waals surface area contributed by atoms with E-state index in [1.807, 2.05) is 54.6 Å². The lowest BCUT2D eigenvalue weighted by molar-refractivity contribution is 0.0516. The van der Waals surface area contributed by atoms with Gasteiger partial charge in [-0.25, -0.2) is 9.78 Å². The third-order valence-corrected chi connectivity index (χ3v) is 5.81. The van der Waals surface area contributed by atoms with Gasteiger partial charge in [-0.2, -0.15) is 0 Å². The smallest absolute Gasteiger partial charge is 0.360 e. The molecule has 2 aromatic carbocycles. The predicted octanol–water partition coefficient (Wildman–Crippen LogP) is 5.22. The first kappa shape index (κ1) is 21.6. The van der Waals surface area contributed by atoms with Crippen LogP contribution in [0.15, 0.2) is 84.9 Å². The van der Waals surface area contributed by atoms with Crippen LogP contribution in [0, 0.1) is 0 Å². The normalized spacial score (nSPS) is 13.7. The number of fused-ring (bicyclic) bond motifs is 1. The number of hydrogen-bond acceptors (Lipinski definition) is 6. The van der Waals surface area contributed by atoms with E-state index in [-0.39, 0.29) is 30.9 Å². The molecule has 0 aliphatic carbocycles. The molecule has 0 saturated carbocycles. The predicted molar refractivity (Wildman–Crippen MR) is 127 cm³/mol. The average Bonchev–Trinajstić information content (AvgIpc) is 3.53. The molecule has 1 atom stereocenters. The number of carbonyl (C=O) groups is 1. The molecule has 0 amide bonds. The lowest BCUT2D eigenvalue weighted by Gasteiger charge is -2.23. The largest absolute Gasteiger partial charge is 0.505 e. The summed E-state index contributed by atoms with van der Waals surface area (Å²) in [6, 6.07) is 21.6. The lowest BCUT2D eigenvalue weighted by atomic mass is 10.0. The fourth-order valence-corrected chi connectivity index (χ4v) is 4.27. The van der Waals surface area contributed by atoms with Gasteiger partial charge in [0.1, 0.15) is 6.26 Å². The zero-order valence-electron chi connectivity index (χ0n) is 18.7. The van der Waals surface area contributed by atoms with Crippen molar-refractivity contribution >= 4 is 16.9 Å². The van der Waals surface area contributed by atoms with Crippen LogP contribution in [0.3, 0.4) is 0 Å². The molecule has 7 heteroatoms. The van der Waals surface area contributed by atoms with E-state index in [2.05, 4.69) is 21.7 Å². The van der Waals surface area contributed by atoms with Crippen LogP contribution < -0.4 is 0 Å². The van der Waals surface area contributed by atoms with E-state index in [1.54, 1.807) is 19.4 Å². The number of carbonyl (C=O) groups excluding carboxylic acids is 1. The number of allylic oxidation sites excluding steroid dienone is 1. The number of pyridine rings is 1. The van der Waals surface area contributed by atoms with Gasteiger partial charge in [0.2, 0.25) is 6.79 Å². The van der Waals surface area contributed by atoms with E-state index in [9.17, 15) is 9.90 Å². The molecule has 1 aliphatic rings. The van der Waals surface area contributed by atoms with Gasteiger partial charge in [-0.05, 0) is 24.1 Å². The quantitative estimate of drug-likeness (QED) is 0.384. The van der Waals surface area contributed by atoms with Gasteiger partial charge in [0.15, 0.2) is 17.2 Å². The first-order chi connectivity index (χ1) is 16.7. The topological polar surface area (TPSA) is 82.8 Å². The van der Waals surface area contributed by atoms with E-state index >= 15 is 0 Å². The summed E-state index contributed by atoms with van der Waals surface area (Å²) < 4.78 is 18.4. The molecule has 0 fully saturated rings. The Hall–Kier alpha value is -4.26. The molecule has 0 radical (unpaired) electrons.